The monoisotopic (exact) mass is 304 g/mol. The summed E-state index contributed by atoms with van der Waals surface area (Å²) in [5.41, 5.74) is 1.06. The van der Waals surface area contributed by atoms with Gasteiger partial charge in [-0.3, -0.25) is 0 Å². The molecular weight excluding hydrogens is 272 g/mol. The van der Waals surface area contributed by atoms with Gasteiger partial charge in [0.15, 0.2) is 0 Å². The van der Waals surface area contributed by atoms with E-state index in [0.29, 0.717) is 28.2 Å². The van der Waals surface area contributed by atoms with Crippen molar-refractivity contribution in [1.82, 2.24) is 0 Å². The Balaban J connectivity index is 1.99. The Morgan fingerprint density at radius 2 is 1.50 bits per heavy atom. The van der Waals surface area contributed by atoms with E-state index in [9.17, 15) is 4.79 Å². The van der Waals surface area contributed by atoms with Gasteiger partial charge in [-0.25, -0.2) is 4.79 Å². The summed E-state index contributed by atoms with van der Waals surface area (Å²) < 4.78 is 6.12. The summed E-state index contributed by atoms with van der Waals surface area (Å²) in [7, 11) is 0. The fourth-order valence-corrected chi connectivity index (χ4v) is 6.18. The molecule has 4 bridgehead atoms. The van der Waals surface area contributed by atoms with Crippen molar-refractivity contribution >= 4 is 5.97 Å². The highest BCUT2D eigenvalue weighted by molar-refractivity contribution is 5.87. The molecule has 0 spiro atoms. The summed E-state index contributed by atoms with van der Waals surface area (Å²) in [6.07, 6.45) is 7.23. The first-order valence-corrected chi connectivity index (χ1v) is 9.01. The van der Waals surface area contributed by atoms with Gasteiger partial charge in [0.05, 0.1) is 0 Å². The number of carbonyl (C=O) groups is 1. The average Bonchev–Trinajstić information content (AvgIpc) is 2.35. The first-order valence-electron chi connectivity index (χ1n) is 9.01. The van der Waals surface area contributed by atoms with Crippen LogP contribution in [-0.2, 0) is 9.53 Å². The summed E-state index contributed by atoms with van der Waals surface area (Å²) in [4.78, 5) is 12.3. The van der Waals surface area contributed by atoms with Gasteiger partial charge in [0, 0.05) is 5.57 Å². The van der Waals surface area contributed by atoms with E-state index < -0.39 is 0 Å². The predicted molar refractivity (Wildman–Crippen MR) is 89.4 cm³/mol. The zero-order valence-electron chi connectivity index (χ0n) is 15.0. The van der Waals surface area contributed by atoms with Gasteiger partial charge < -0.3 is 4.74 Å². The van der Waals surface area contributed by atoms with Gasteiger partial charge in [0.25, 0.3) is 0 Å². The van der Waals surface area contributed by atoms with Crippen LogP contribution in [0.15, 0.2) is 12.2 Å². The number of ether oxygens (including phenoxy) is 1. The van der Waals surface area contributed by atoms with E-state index in [1.54, 1.807) is 6.92 Å². The zero-order valence-corrected chi connectivity index (χ0v) is 15.0. The lowest BCUT2D eigenvalue weighted by Crippen LogP contribution is -2.64. The molecule has 0 saturated heterocycles. The third-order valence-corrected chi connectivity index (χ3v) is 7.21. The lowest BCUT2D eigenvalue weighted by Gasteiger charge is -2.68. The molecule has 2 nitrogen and oxygen atoms in total. The third-order valence-electron chi connectivity index (χ3n) is 7.21. The van der Waals surface area contributed by atoms with Gasteiger partial charge in [0.2, 0.25) is 0 Å². The molecule has 2 unspecified atom stereocenters. The van der Waals surface area contributed by atoms with Gasteiger partial charge in [-0.15, -0.1) is 0 Å². The average molecular weight is 304 g/mol. The summed E-state index contributed by atoms with van der Waals surface area (Å²) in [6, 6.07) is 0. The third kappa shape index (κ3) is 2.25. The Labute approximate surface area is 135 Å². The lowest BCUT2D eigenvalue weighted by molar-refractivity contribution is -0.237. The van der Waals surface area contributed by atoms with Crippen molar-refractivity contribution < 1.29 is 9.53 Å². The molecule has 4 fully saturated rings. The molecule has 0 N–H and O–H groups in total. The summed E-state index contributed by atoms with van der Waals surface area (Å²) in [6.45, 7) is 15.0. The quantitative estimate of drug-likeness (QED) is 0.532. The first kappa shape index (κ1) is 16.1. The summed E-state index contributed by atoms with van der Waals surface area (Å²) in [5, 5.41) is 0. The van der Waals surface area contributed by atoms with Crippen molar-refractivity contribution in [3.63, 3.8) is 0 Å². The van der Waals surface area contributed by atoms with E-state index >= 15 is 0 Å². The van der Waals surface area contributed by atoms with Crippen LogP contribution in [0.4, 0.5) is 0 Å². The van der Waals surface area contributed by atoms with E-state index in [1.807, 2.05) is 0 Å². The highest BCUT2D eigenvalue weighted by atomic mass is 16.6. The maximum atomic E-state index is 12.3. The molecule has 0 amide bonds. The van der Waals surface area contributed by atoms with E-state index in [1.165, 1.54) is 19.3 Å². The fourth-order valence-electron chi connectivity index (χ4n) is 6.18. The molecule has 0 aromatic rings. The standard InChI is InChI=1S/C20H32O2/c1-13(2)17(21)22-20-9-16-7-18(11-20,14(3)4)10-19(8-16,12-20)15(5)6/h14-16H,1,7-12H2,2-6H3. The number of hydrogen-bond donors (Lipinski definition) is 0. The number of esters is 1. The van der Waals surface area contributed by atoms with Crippen molar-refractivity contribution in [1.29, 1.82) is 0 Å². The molecule has 4 rings (SSSR count). The van der Waals surface area contributed by atoms with Crippen molar-refractivity contribution in [3.05, 3.63) is 12.2 Å². The Morgan fingerprint density at radius 3 is 1.91 bits per heavy atom. The summed E-state index contributed by atoms with van der Waals surface area (Å²) in [5.74, 6) is 1.88. The molecule has 4 saturated carbocycles. The molecule has 2 atom stereocenters. The van der Waals surface area contributed by atoms with Crippen LogP contribution in [0.2, 0.25) is 0 Å². The second kappa shape index (κ2) is 4.85. The summed E-state index contributed by atoms with van der Waals surface area (Å²) >= 11 is 0. The van der Waals surface area contributed by atoms with Crippen molar-refractivity contribution in [2.24, 2.45) is 28.6 Å². The highest BCUT2D eigenvalue weighted by Gasteiger charge is 2.66. The molecule has 4 aliphatic rings. The van der Waals surface area contributed by atoms with Gasteiger partial charge >= 0.3 is 5.97 Å². The second-order valence-electron chi connectivity index (χ2n) is 9.40. The lowest BCUT2D eigenvalue weighted by atomic mass is 9.39. The molecule has 22 heavy (non-hydrogen) atoms. The van der Waals surface area contributed by atoms with Crippen molar-refractivity contribution in [2.45, 2.75) is 78.7 Å². The smallest absolute Gasteiger partial charge is 0.333 e. The maximum Gasteiger partial charge on any atom is 0.333 e. The number of carbonyl (C=O) groups excluding carboxylic acids is 1. The normalized spacial score (nSPS) is 43.0. The Kier molecular flexibility index (Phi) is 3.55. The largest absolute Gasteiger partial charge is 0.456 e. The molecule has 0 heterocycles. The fraction of sp³-hybridized carbons (Fsp3) is 0.850. The highest BCUT2D eigenvalue weighted by Crippen LogP contribution is 2.71. The van der Waals surface area contributed by atoms with Crippen LogP contribution in [0.3, 0.4) is 0 Å². The first-order chi connectivity index (χ1) is 10.1. The van der Waals surface area contributed by atoms with Crippen LogP contribution >= 0.6 is 0 Å². The van der Waals surface area contributed by atoms with Gasteiger partial charge in [-0.1, -0.05) is 34.3 Å². The van der Waals surface area contributed by atoms with E-state index in [-0.39, 0.29) is 11.6 Å². The second-order valence-corrected chi connectivity index (χ2v) is 9.40. The minimum absolute atomic E-state index is 0.181. The molecular formula is C20H32O2. The van der Waals surface area contributed by atoms with Gasteiger partial charge in [-0.05, 0) is 74.0 Å². The van der Waals surface area contributed by atoms with Crippen LogP contribution in [-0.4, -0.2) is 11.6 Å². The number of rotatable bonds is 4. The molecule has 0 radical (unpaired) electrons. The minimum atomic E-state index is -0.218. The maximum absolute atomic E-state index is 12.3. The number of hydrogen-bond acceptors (Lipinski definition) is 2. The van der Waals surface area contributed by atoms with Gasteiger partial charge in [-0.2, -0.15) is 0 Å². The molecule has 0 aliphatic heterocycles. The molecule has 0 aromatic carbocycles. The van der Waals surface area contributed by atoms with E-state index in [2.05, 4.69) is 34.3 Å². The van der Waals surface area contributed by atoms with E-state index in [0.717, 1.165) is 25.2 Å². The zero-order chi connectivity index (χ0) is 16.3. The van der Waals surface area contributed by atoms with Crippen LogP contribution in [0.1, 0.15) is 73.1 Å². The molecule has 4 aliphatic carbocycles. The van der Waals surface area contributed by atoms with Crippen LogP contribution in [0.5, 0.6) is 0 Å². The Hall–Kier alpha value is -0.790. The predicted octanol–water partition coefficient (Wildman–Crippen LogP) is 5.13. The topological polar surface area (TPSA) is 26.3 Å². The Bertz CT molecular complexity index is 478. The molecule has 0 aromatic heterocycles. The van der Waals surface area contributed by atoms with E-state index in [4.69, 9.17) is 4.74 Å². The molecule has 124 valence electrons. The Morgan fingerprint density at radius 1 is 1.00 bits per heavy atom. The van der Waals surface area contributed by atoms with Gasteiger partial charge in [0.1, 0.15) is 5.60 Å². The van der Waals surface area contributed by atoms with Crippen LogP contribution in [0.25, 0.3) is 0 Å². The molecule has 2 heteroatoms. The van der Waals surface area contributed by atoms with Crippen LogP contribution in [0, 0.1) is 28.6 Å². The SMILES string of the molecule is C=C(C)C(=O)OC12CC3CC(C(C)C)(C1)CC(C(C)C)(C3)C2. The van der Waals surface area contributed by atoms with Crippen LogP contribution < -0.4 is 0 Å². The van der Waals surface area contributed by atoms with Crippen molar-refractivity contribution in [2.75, 3.05) is 0 Å². The van der Waals surface area contributed by atoms with Crippen molar-refractivity contribution in [3.8, 4) is 0 Å². The minimum Gasteiger partial charge on any atom is -0.456 e.